The molecule has 0 aromatic heterocycles. The predicted octanol–water partition coefficient (Wildman–Crippen LogP) is 0.700. The number of para-hydroxylation sites is 2. The molecular weight excluding hydrogens is 270 g/mol. The van der Waals surface area contributed by atoms with Gasteiger partial charge in [0.1, 0.15) is 5.75 Å². The molecule has 0 saturated carbocycles. The van der Waals surface area contributed by atoms with Gasteiger partial charge in [-0.1, -0.05) is 19.1 Å². The molecule has 0 aliphatic carbocycles. The summed E-state index contributed by atoms with van der Waals surface area (Å²) in [5, 5.41) is 5.77. The van der Waals surface area contributed by atoms with Crippen LogP contribution in [0.5, 0.6) is 5.75 Å². The van der Waals surface area contributed by atoms with Gasteiger partial charge in [0.25, 0.3) is 5.91 Å². The Hall–Kier alpha value is -2.24. The average molecular weight is 291 g/mol. The molecule has 2 N–H and O–H groups in total. The first kappa shape index (κ1) is 15.2. The van der Waals surface area contributed by atoms with Gasteiger partial charge in [0, 0.05) is 20.6 Å². The van der Waals surface area contributed by atoms with Gasteiger partial charge in [0.2, 0.25) is 5.91 Å². The third-order valence-electron chi connectivity index (χ3n) is 3.53. The van der Waals surface area contributed by atoms with Crippen molar-refractivity contribution in [1.82, 2.24) is 10.2 Å². The molecule has 6 heteroatoms. The number of nitrogens with zero attached hydrogens (tertiary/aromatic N) is 1. The molecule has 2 unspecified atom stereocenters. The van der Waals surface area contributed by atoms with Crippen LogP contribution in [0.2, 0.25) is 0 Å². The second kappa shape index (κ2) is 6.47. The highest BCUT2D eigenvalue weighted by Gasteiger charge is 2.29. The lowest BCUT2D eigenvalue weighted by Gasteiger charge is -2.30. The summed E-state index contributed by atoms with van der Waals surface area (Å²) in [6, 6.07) is 7.52. The molecule has 0 fully saturated rings. The van der Waals surface area contributed by atoms with Crippen molar-refractivity contribution in [2.45, 2.75) is 13.0 Å². The molecule has 1 aliphatic rings. The van der Waals surface area contributed by atoms with E-state index in [0.717, 1.165) is 5.69 Å². The quantitative estimate of drug-likeness (QED) is 0.857. The number of hydrogen-bond donors (Lipinski definition) is 2. The Labute approximate surface area is 124 Å². The van der Waals surface area contributed by atoms with E-state index in [4.69, 9.17) is 4.74 Å². The second-order valence-corrected chi connectivity index (χ2v) is 5.22. The fourth-order valence-electron chi connectivity index (χ4n) is 2.33. The number of nitrogens with one attached hydrogen (secondary N) is 2. The molecule has 2 amide bonds. The zero-order valence-corrected chi connectivity index (χ0v) is 12.6. The summed E-state index contributed by atoms with van der Waals surface area (Å²) >= 11 is 0. The lowest BCUT2D eigenvalue weighted by atomic mass is 10.1. The summed E-state index contributed by atoms with van der Waals surface area (Å²) in [6.07, 6.45) is -0.568. The van der Waals surface area contributed by atoms with Gasteiger partial charge < -0.3 is 20.3 Å². The Bertz CT molecular complexity index is 533. The Morgan fingerprint density at radius 2 is 2.19 bits per heavy atom. The maximum atomic E-state index is 12.4. The fraction of sp³-hybridized carbons (Fsp3) is 0.467. The van der Waals surface area contributed by atoms with E-state index in [-0.39, 0.29) is 17.7 Å². The number of ether oxygens (including phenoxy) is 1. The van der Waals surface area contributed by atoms with E-state index >= 15 is 0 Å². The molecule has 2 rings (SSSR count). The highest BCUT2D eigenvalue weighted by atomic mass is 16.5. The monoisotopic (exact) mass is 291 g/mol. The number of fused-ring (bicyclic) bond motifs is 1. The molecule has 0 bridgehead atoms. The summed E-state index contributed by atoms with van der Waals surface area (Å²) in [5.41, 5.74) is 0.892. The number of anilines is 1. The molecule has 2 atom stereocenters. The first-order chi connectivity index (χ1) is 10.0. The van der Waals surface area contributed by atoms with Gasteiger partial charge in [-0.15, -0.1) is 0 Å². The molecule has 1 aromatic carbocycles. The van der Waals surface area contributed by atoms with E-state index in [9.17, 15) is 9.59 Å². The molecule has 21 heavy (non-hydrogen) atoms. The van der Waals surface area contributed by atoms with Crippen molar-refractivity contribution >= 4 is 17.5 Å². The molecule has 0 radical (unpaired) electrons. The van der Waals surface area contributed by atoms with Crippen LogP contribution in [0.1, 0.15) is 6.92 Å². The second-order valence-electron chi connectivity index (χ2n) is 5.22. The van der Waals surface area contributed by atoms with Crippen molar-refractivity contribution < 1.29 is 14.3 Å². The Morgan fingerprint density at radius 1 is 1.48 bits per heavy atom. The summed E-state index contributed by atoms with van der Waals surface area (Å²) in [5.74, 6) is 0.207. The van der Waals surface area contributed by atoms with Crippen LogP contribution in [-0.2, 0) is 9.59 Å². The van der Waals surface area contributed by atoms with Crippen LogP contribution < -0.4 is 15.4 Å². The van der Waals surface area contributed by atoms with Crippen molar-refractivity contribution in [1.29, 1.82) is 0 Å². The zero-order valence-electron chi connectivity index (χ0n) is 12.6. The highest BCUT2D eigenvalue weighted by Crippen LogP contribution is 2.28. The molecular formula is C15H21N3O3. The minimum atomic E-state index is -0.568. The third-order valence-corrected chi connectivity index (χ3v) is 3.53. The Kier molecular flexibility index (Phi) is 4.67. The normalized spacial score (nSPS) is 17.8. The number of benzene rings is 1. The lowest BCUT2D eigenvalue weighted by Crippen LogP contribution is -2.47. The van der Waals surface area contributed by atoms with Crippen molar-refractivity contribution in [3.8, 4) is 5.75 Å². The molecule has 0 saturated heterocycles. The van der Waals surface area contributed by atoms with E-state index in [1.54, 1.807) is 25.9 Å². The van der Waals surface area contributed by atoms with Crippen LogP contribution in [0, 0.1) is 5.92 Å². The van der Waals surface area contributed by atoms with Crippen LogP contribution >= 0.6 is 0 Å². The molecule has 6 nitrogen and oxygen atoms in total. The Balaban J connectivity index is 1.96. The van der Waals surface area contributed by atoms with Crippen LogP contribution in [0.25, 0.3) is 0 Å². The van der Waals surface area contributed by atoms with E-state index in [1.807, 2.05) is 24.3 Å². The summed E-state index contributed by atoms with van der Waals surface area (Å²) < 4.78 is 5.73. The summed E-state index contributed by atoms with van der Waals surface area (Å²) in [4.78, 5) is 25.4. The third kappa shape index (κ3) is 3.45. The molecule has 1 heterocycles. The van der Waals surface area contributed by atoms with Crippen molar-refractivity contribution in [3.63, 3.8) is 0 Å². The number of likely N-dealkylation sites (N-methyl/N-ethyl adjacent to an activating group) is 1. The van der Waals surface area contributed by atoms with E-state index in [1.165, 1.54) is 0 Å². The first-order valence-electron chi connectivity index (χ1n) is 6.99. The number of carbonyl (C=O) groups excluding carboxylic acids is 2. The first-order valence-corrected chi connectivity index (χ1v) is 6.99. The van der Waals surface area contributed by atoms with Crippen LogP contribution in [-0.4, -0.2) is 50.0 Å². The van der Waals surface area contributed by atoms with Crippen LogP contribution in [0.3, 0.4) is 0 Å². The van der Waals surface area contributed by atoms with Gasteiger partial charge in [0.15, 0.2) is 6.10 Å². The van der Waals surface area contributed by atoms with Crippen molar-refractivity contribution in [2.24, 2.45) is 5.92 Å². The highest BCUT2D eigenvalue weighted by molar-refractivity contribution is 5.84. The molecule has 0 spiro atoms. The minimum absolute atomic E-state index is 0.0808. The maximum Gasteiger partial charge on any atom is 0.265 e. The SMILES string of the molecule is CNC(=O)C(C)CN(C)C(=O)C1CNc2ccccc2O1. The Morgan fingerprint density at radius 3 is 2.90 bits per heavy atom. The maximum absolute atomic E-state index is 12.4. The van der Waals surface area contributed by atoms with Crippen LogP contribution in [0.15, 0.2) is 24.3 Å². The number of rotatable bonds is 4. The topological polar surface area (TPSA) is 70.7 Å². The number of amides is 2. The van der Waals surface area contributed by atoms with Gasteiger partial charge in [-0.05, 0) is 12.1 Å². The van der Waals surface area contributed by atoms with Crippen LogP contribution in [0.4, 0.5) is 5.69 Å². The van der Waals surface area contributed by atoms with E-state index in [2.05, 4.69) is 10.6 Å². The molecule has 1 aliphatic heterocycles. The van der Waals surface area contributed by atoms with E-state index < -0.39 is 6.10 Å². The van der Waals surface area contributed by atoms with Crippen molar-refractivity contribution in [2.75, 3.05) is 32.5 Å². The van der Waals surface area contributed by atoms with Gasteiger partial charge >= 0.3 is 0 Å². The van der Waals surface area contributed by atoms with Crippen molar-refractivity contribution in [3.05, 3.63) is 24.3 Å². The smallest absolute Gasteiger partial charge is 0.265 e. The number of hydrogen-bond acceptors (Lipinski definition) is 4. The fourth-order valence-corrected chi connectivity index (χ4v) is 2.33. The average Bonchev–Trinajstić information content (AvgIpc) is 2.52. The summed E-state index contributed by atoms with van der Waals surface area (Å²) in [6.45, 7) is 2.58. The zero-order chi connectivity index (χ0) is 15.4. The van der Waals surface area contributed by atoms with Gasteiger partial charge in [-0.2, -0.15) is 0 Å². The number of carbonyl (C=O) groups is 2. The lowest BCUT2D eigenvalue weighted by molar-refractivity contribution is -0.138. The largest absolute Gasteiger partial charge is 0.477 e. The van der Waals surface area contributed by atoms with Gasteiger partial charge in [-0.3, -0.25) is 9.59 Å². The summed E-state index contributed by atoms with van der Waals surface area (Å²) in [7, 11) is 3.28. The minimum Gasteiger partial charge on any atom is -0.477 e. The molecule has 1 aromatic rings. The van der Waals surface area contributed by atoms with Gasteiger partial charge in [0.05, 0.1) is 18.2 Å². The van der Waals surface area contributed by atoms with Gasteiger partial charge in [-0.25, -0.2) is 0 Å². The molecule has 114 valence electrons. The standard InChI is InChI=1S/C15H21N3O3/c1-10(14(19)16-2)9-18(3)15(20)13-8-17-11-6-4-5-7-12(11)21-13/h4-7,10,13,17H,8-9H2,1-3H3,(H,16,19). The van der Waals surface area contributed by atoms with E-state index in [0.29, 0.717) is 18.8 Å². The predicted molar refractivity (Wildman–Crippen MR) is 80.2 cm³/mol.